The Balaban J connectivity index is 1.76. The van der Waals surface area contributed by atoms with Crippen molar-refractivity contribution in [3.8, 4) is 0 Å². The molecule has 0 saturated heterocycles. The molecule has 2 unspecified atom stereocenters. The van der Waals surface area contributed by atoms with Crippen LogP contribution in [0.2, 0.25) is 0 Å². The summed E-state index contributed by atoms with van der Waals surface area (Å²) >= 11 is 6.69. The van der Waals surface area contributed by atoms with E-state index >= 15 is 0 Å². The summed E-state index contributed by atoms with van der Waals surface area (Å²) < 4.78 is 0. The third kappa shape index (κ3) is 3.20. The molecule has 0 spiro atoms. The zero-order chi connectivity index (χ0) is 15.6. The van der Waals surface area contributed by atoms with Gasteiger partial charge in [0.25, 0.3) is 5.91 Å². The summed E-state index contributed by atoms with van der Waals surface area (Å²) in [7, 11) is 0. The number of nitrogens with one attached hydrogen (secondary N) is 2. The van der Waals surface area contributed by atoms with Gasteiger partial charge in [0.15, 0.2) is 0 Å². The van der Waals surface area contributed by atoms with E-state index < -0.39 is 5.00 Å². The number of hydrogen-bond donors (Lipinski definition) is 2. The number of halogens is 1. The molecule has 116 valence electrons. The van der Waals surface area contributed by atoms with Gasteiger partial charge in [0.1, 0.15) is 11.3 Å². The molecule has 1 saturated carbocycles. The Morgan fingerprint density at radius 3 is 3.00 bits per heavy atom. The van der Waals surface area contributed by atoms with Crippen LogP contribution in [-0.4, -0.2) is 33.0 Å². The number of amides is 1. The highest BCUT2D eigenvalue weighted by Crippen LogP contribution is 2.30. The number of nitrogens with zero attached hydrogens (tertiary/aromatic N) is 2. The van der Waals surface area contributed by atoms with Crippen LogP contribution in [-0.2, 0) is 6.42 Å². The van der Waals surface area contributed by atoms with Crippen LogP contribution in [0.4, 0.5) is 0 Å². The topological polar surface area (TPSA) is 66.9 Å². The first-order chi connectivity index (χ1) is 10.6. The van der Waals surface area contributed by atoms with E-state index in [2.05, 4.69) is 20.6 Å². The normalized spacial score (nSPS) is 26.9. The number of aromatic nitrogens is 2. The molecule has 2 aliphatic carbocycles. The first kappa shape index (κ1) is 15.2. The van der Waals surface area contributed by atoms with Gasteiger partial charge in [0, 0.05) is 12.2 Å². The van der Waals surface area contributed by atoms with E-state index in [9.17, 15) is 4.79 Å². The summed E-state index contributed by atoms with van der Waals surface area (Å²) in [5.74, 6) is -0.204. The molecule has 2 aliphatic rings. The van der Waals surface area contributed by atoms with Crippen molar-refractivity contribution < 1.29 is 4.79 Å². The van der Waals surface area contributed by atoms with Crippen molar-refractivity contribution in [3.05, 3.63) is 48.1 Å². The lowest BCUT2D eigenvalue weighted by Gasteiger charge is -2.34. The third-order valence-corrected chi connectivity index (χ3v) is 4.34. The minimum absolute atomic E-state index is 0.204. The Labute approximate surface area is 134 Å². The molecule has 1 aromatic rings. The highest BCUT2D eigenvalue weighted by Gasteiger charge is 2.40. The summed E-state index contributed by atoms with van der Waals surface area (Å²) in [5.41, 5.74) is 1.23. The van der Waals surface area contributed by atoms with Crippen LogP contribution >= 0.6 is 11.6 Å². The zero-order valence-corrected chi connectivity index (χ0v) is 13.2. The van der Waals surface area contributed by atoms with Crippen LogP contribution in [0.3, 0.4) is 0 Å². The lowest BCUT2D eigenvalue weighted by atomic mass is 10.0. The fourth-order valence-corrected chi connectivity index (χ4v) is 2.85. The lowest BCUT2D eigenvalue weighted by molar-refractivity contribution is 0.0934. The average Bonchev–Trinajstić information content (AvgIpc) is 3.33. The smallest absolute Gasteiger partial charge is 0.255 e. The number of aryl methyl sites for hydroxylation is 1. The predicted octanol–water partition coefficient (Wildman–Crippen LogP) is 1.95. The molecular formula is C16H19ClN4O. The first-order valence-corrected chi connectivity index (χ1v) is 7.92. The van der Waals surface area contributed by atoms with Crippen LogP contribution in [0.5, 0.6) is 0 Å². The quantitative estimate of drug-likeness (QED) is 0.643. The summed E-state index contributed by atoms with van der Waals surface area (Å²) in [4.78, 5) is 19.9. The molecule has 22 heavy (non-hydrogen) atoms. The fourth-order valence-electron chi connectivity index (χ4n) is 2.49. The van der Waals surface area contributed by atoms with Gasteiger partial charge in [-0.3, -0.25) is 10.1 Å². The van der Waals surface area contributed by atoms with Crippen molar-refractivity contribution in [3.63, 3.8) is 0 Å². The monoisotopic (exact) mass is 318 g/mol. The number of allylic oxidation sites excluding steroid dienone is 2. The summed E-state index contributed by atoms with van der Waals surface area (Å²) in [6.07, 6.45) is 13.5. The van der Waals surface area contributed by atoms with Gasteiger partial charge in [0.05, 0.1) is 17.3 Å². The highest BCUT2D eigenvalue weighted by molar-refractivity contribution is 6.26. The molecule has 3 rings (SSSR count). The van der Waals surface area contributed by atoms with E-state index in [-0.39, 0.29) is 11.9 Å². The van der Waals surface area contributed by atoms with Crippen molar-refractivity contribution in [2.45, 2.75) is 43.3 Å². The van der Waals surface area contributed by atoms with Crippen molar-refractivity contribution in [1.82, 2.24) is 20.6 Å². The first-order valence-electron chi connectivity index (χ1n) is 7.55. The van der Waals surface area contributed by atoms with Gasteiger partial charge in [0.2, 0.25) is 0 Å². The van der Waals surface area contributed by atoms with Crippen molar-refractivity contribution in [1.29, 1.82) is 0 Å². The molecule has 1 heterocycles. The van der Waals surface area contributed by atoms with Crippen LogP contribution in [0, 0.1) is 0 Å². The second-order valence-corrected chi connectivity index (χ2v) is 6.24. The number of carbonyl (C=O) groups excluding carboxylic acids is 1. The van der Waals surface area contributed by atoms with Crippen LogP contribution < -0.4 is 10.6 Å². The molecule has 0 aromatic carbocycles. The number of rotatable bonds is 5. The Morgan fingerprint density at radius 2 is 2.27 bits per heavy atom. The maximum absolute atomic E-state index is 12.5. The molecule has 5 nitrogen and oxygen atoms in total. The average molecular weight is 319 g/mol. The molecular weight excluding hydrogens is 300 g/mol. The number of alkyl halides is 1. The van der Waals surface area contributed by atoms with E-state index in [1.807, 2.05) is 31.2 Å². The summed E-state index contributed by atoms with van der Waals surface area (Å²) in [6.45, 7) is 1.96. The standard InChI is InChI=1S/C16H19ClN4O/c1-2-13-12(9-18-10-19-13)15(22)20-14-5-3-4-8-16(14,17)21-11-6-7-11/h3-5,8-11,14,21H,2,6-7H2,1H3,(H,20,22). The summed E-state index contributed by atoms with van der Waals surface area (Å²) in [6, 6.07) is 0.108. The predicted molar refractivity (Wildman–Crippen MR) is 85.7 cm³/mol. The molecule has 1 aromatic heterocycles. The molecule has 0 bridgehead atoms. The molecule has 6 heteroatoms. The SMILES string of the molecule is CCc1ncncc1C(=O)NC1C=CC=CC1(Cl)NC1CC1. The van der Waals surface area contributed by atoms with E-state index in [4.69, 9.17) is 11.6 Å². The lowest BCUT2D eigenvalue weighted by Crippen LogP contribution is -2.56. The van der Waals surface area contributed by atoms with Gasteiger partial charge in [-0.15, -0.1) is 0 Å². The van der Waals surface area contributed by atoms with Gasteiger partial charge in [-0.2, -0.15) is 0 Å². The second-order valence-electron chi connectivity index (χ2n) is 5.62. The Morgan fingerprint density at radius 1 is 1.45 bits per heavy atom. The van der Waals surface area contributed by atoms with Gasteiger partial charge in [-0.1, -0.05) is 36.8 Å². The second kappa shape index (κ2) is 6.18. The number of hydrogen-bond acceptors (Lipinski definition) is 4. The Kier molecular flexibility index (Phi) is 4.27. The molecule has 1 amide bonds. The minimum atomic E-state index is -0.784. The highest BCUT2D eigenvalue weighted by atomic mass is 35.5. The molecule has 2 N–H and O–H groups in total. The van der Waals surface area contributed by atoms with Gasteiger partial charge in [-0.25, -0.2) is 9.97 Å². The van der Waals surface area contributed by atoms with Crippen LogP contribution in [0.1, 0.15) is 35.8 Å². The van der Waals surface area contributed by atoms with Gasteiger partial charge >= 0.3 is 0 Å². The van der Waals surface area contributed by atoms with E-state index in [0.717, 1.165) is 18.5 Å². The molecule has 1 fully saturated rings. The van der Waals surface area contributed by atoms with Crippen molar-refractivity contribution in [2.75, 3.05) is 0 Å². The molecule has 2 atom stereocenters. The van der Waals surface area contributed by atoms with E-state index in [1.165, 1.54) is 6.33 Å². The van der Waals surface area contributed by atoms with Gasteiger partial charge < -0.3 is 5.32 Å². The van der Waals surface area contributed by atoms with Crippen LogP contribution in [0.15, 0.2) is 36.8 Å². The maximum atomic E-state index is 12.5. The van der Waals surface area contributed by atoms with Crippen LogP contribution in [0.25, 0.3) is 0 Å². The minimum Gasteiger partial charge on any atom is -0.342 e. The molecule has 0 aliphatic heterocycles. The van der Waals surface area contributed by atoms with E-state index in [1.54, 1.807) is 6.20 Å². The zero-order valence-electron chi connectivity index (χ0n) is 12.4. The van der Waals surface area contributed by atoms with Gasteiger partial charge in [-0.05, 0) is 25.3 Å². The third-order valence-electron chi connectivity index (χ3n) is 3.87. The fraction of sp³-hybridized carbons (Fsp3) is 0.438. The number of carbonyl (C=O) groups is 1. The van der Waals surface area contributed by atoms with Crippen molar-refractivity contribution in [2.24, 2.45) is 0 Å². The Hall–Kier alpha value is -1.72. The van der Waals surface area contributed by atoms with E-state index in [0.29, 0.717) is 18.0 Å². The summed E-state index contributed by atoms with van der Waals surface area (Å²) in [5, 5.41) is 6.37. The largest absolute Gasteiger partial charge is 0.342 e. The Bertz CT molecular complexity index is 626. The van der Waals surface area contributed by atoms with Crippen molar-refractivity contribution >= 4 is 17.5 Å². The molecule has 0 radical (unpaired) electrons. The maximum Gasteiger partial charge on any atom is 0.255 e.